The highest BCUT2D eigenvalue weighted by atomic mass is 79.9. The lowest BCUT2D eigenvalue weighted by Gasteiger charge is -1.97. The van der Waals surface area contributed by atoms with Crippen LogP contribution in [0.1, 0.15) is 19.8 Å². The van der Waals surface area contributed by atoms with E-state index in [1.807, 2.05) is 10.9 Å². The minimum Gasteiger partial charge on any atom is -0.300 e. The summed E-state index contributed by atoms with van der Waals surface area (Å²) in [7, 11) is 0. The van der Waals surface area contributed by atoms with E-state index in [0.717, 1.165) is 17.4 Å². The number of hydrogen-bond donors (Lipinski definition) is 0. The number of hydrogen-bond acceptors (Lipinski definition) is 2. The van der Waals surface area contributed by atoms with Gasteiger partial charge in [-0.05, 0) is 29.3 Å². The largest absolute Gasteiger partial charge is 0.300 e. The van der Waals surface area contributed by atoms with Gasteiger partial charge in [-0.1, -0.05) is 0 Å². The Morgan fingerprint density at radius 3 is 3.00 bits per heavy atom. The predicted molar refractivity (Wildman–Crippen MR) is 49.8 cm³/mol. The minimum atomic E-state index is 0.237. The summed E-state index contributed by atoms with van der Waals surface area (Å²) in [6, 6.07) is 0. The van der Waals surface area contributed by atoms with Gasteiger partial charge in [0.05, 0.1) is 10.7 Å². The van der Waals surface area contributed by atoms with Gasteiger partial charge in [-0.25, -0.2) is 0 Å². The predicted octanol–water partition coefficient (Wildman–Crippen LogP) is 2.01. The normalized spacial score (nSPS) is 10.2. The zero-order chi connectivity index (χ0) is 8.97. The van der Waals surface area contributed by atoms with E-state index < -0.39 is 0 Å². The van der Waals surface area contributed by atoms with E-state index in [9.17, 15) is 4.79 Å². The number of carbonyl (C=O) groups is 1. The Bertz CT molecular complexity index is 270. The number of aryl methyl sites for hydroxylation is 1. The second-order valence-corrected chi connectivity index (χ2v) is 3.64. The van der Waals surface area contributed by atoms with Crippen LogP contribution in [-0.2, 0) is 11.3 Å². The molecule has 0 fully saturated rings. The van der Waals surface area contributed by atoms with Gasteiger partial charge in [-0.2, -0.15) is 5.10 Å². The van der Waals surface area contributed by atoms with Gasteiger partial charge in [0.1, 0.15) is 5.78 Å². The summed E-state index contributed by atoms with van der Waals surface area (Å²) in [5, 5.41) is 4.07. The first-order chi connectivity index (χ1) is 5.68. The molecular weight excluding hydrogens is 220 g/mol. The van der Waals surface area contributed by atoms with Crippen LogP contribution in [-0.4, -0.2) is 15.6 Å². The highest BCUT2D eigenvalue weighted by molar-refractivity contribution is 9.10. The first-order valence-corrected chi connectivity index (χ1v) is 4.65. The van der Waals surface area contributed by atoms with Crippen molar-refractivity contribution in [1.82, 2.24) is 9.78 Å². The standard InChI is InChI=1S/C8H11BrN2O/c1-7(12)3-2-4-11-6-8(9)5-10-11/h5-6H,2-4H2,1H3. The Hall–Kier alpha value is -0.640. The molecule has 1 aromatic rings. The topological polar surface area (TPSA) is 34.9 Å². The van der Waals surface area contributed by atoms with E-state index in [0.29, 0.717) is 6.42 Å². The molecule has 1 rings (SSSR count). The first kappa shape index (κ1) is 9.45. The molecule has 0 unspecified atom stereocenters. The molecule has 0 saturated heterocycles. The Morgan fingerprint density at radius 1 is 1.75 bits per heavy atom. The highest BCUT2D eigenvalue weighted by Gasteiger charge is 1.96. The van der Waals surface area contributed by atoms with E-state index in [2.05, 4.69) is 21.0 Å². The number of halogens is 1. The molecule has 0 aliphatic carbocycles. The summed E-state index contributed by atoms with van der Waals surface area (Å²) >= 11 is 3.30. The quantitative estimate of drug-likeness (QED) is 0.794. The molecule has 0 spiro atoms. The fraction of sp³-hybridized carbons (Fsp3) is 0.500. The van der Waals surface area contributed by atoms with E-state index >= 15 is 0 Å². The molecule has 0 aliphatic heterocycles. The zero-order valence-corrected chi connectivity index (χ0v) is 8.54. The van der Waals surface area contributed by atoms with E-state index in [1.54, 1.807) is 13.1 Å². The van der Waals surface area contributed by atoms with Crippen molar-refractivity contribution < 1.29 is 4.79 Å². The molecule has 0 bridgehead atoms. The van der Waals surface area contributed by atoms with Gasteiger partial charge in [0.25, 0.3) is 0 Å². The van der Waals surface area contributed by atoms with Crippen molar-refractivity contribution in [3.05, 3.63) is 16.9 Å². The maximum atomic E-state index is 10.6. The average molecular weight is 231 g/mol. The van der Waals surface area contributed by atoms with E-state index in [-0.39, 0.29) is 5.78 Å². The fourth-order valence-electron chi connectivity index (χ4n) is 0.951. The van der Waals surface area contributed by atoms with Crippen LogP contribution in [0.2, 0.25) is 0 Å². The molecule has 0 aliphatic rings. The van der Waals surface area contributed by atoms with Gasteiger partial charge in [0.15, 0.2) is 0 Å². The van der Waals surface area contributed by atoms with Crippen LogP contribution in [0.4, 0.5) is 0 Å². The molecule has 1 heterocycles. The summed E-state index contributed by atoms with van der Waals surface area (Å²) < 4.78 is 2.80. The van der Waals surface area contributed by atoms with E-state index in [1.165, 1.54) is 0 Å². The van der Waals surface area contributed by atoms with Crippen LogP contribution in [0.15, 0.2) is 16.9 Å². The Labute approximate surface area is 79.9 Å². The van der Waals surface area contributed by atoms with Gasteiger partial charge in [-0.3, -0.25) is 4.68 Å². The van der Waals surface area contributed by atoms with Crippen LogP contribution in [0.3, 0.4) is 0 Å². The van der Waals surface area contributed by atoms with Crippen molar-refractivity contribution in [1.29, 1.82) is 0 Å². The lowest BCUT2D eigenvalue weighted by Crippen LogP contribution is -2.00. The highest BCUT2D eigenvalue weighted by Crippen LogP contribution is 2.06. The number of aromatic nitrogens is 2. The fourth-order valence-corrected chi connectivity index (χ4v) is 1.28. The molecule has 0 saturated carbocycles. The first-order valence-electron chi connectivity index (χ1n) is 3.86. The third-order valence-electron chi connectivity index (χ3n) is 1.52. The number of rotatable bonds is 4. The summed E-state index contributed by atoms with van der Waals surface area (Å²) in [6.07, 6.45) is 5.15. The van der Waals surface area contributed by atoms with Gasteiger partial charge in [0, 0.05) is 19.2 Å². The van der Waals surface area contributed by atoms with Crippen molar-refractivity contribution in [2.24, 2.45) is 0 Å². The Balaban J connectivity index is 2.29. The van der Waals surface area contributed by atoms with Gasteiger partial charge >= 0.3 is 0 Å². The summed E-state index contributed by atoms with van der Waals surface area (Å²) in [5.41, 5.74) is 0. The summed E-state index contributed by atoms with van der Waals surface area (Å²) in [4.78, 5) is 10.6. The monoisotopic (exact) mass is 230 g/mol. The molecule has 12 heavy (non-hydrogen) atoms. The number of nitrogens with zero attached hydrogens (tertiary/aromatic N) is 2. The molecule has 0 aromatic carbocycles. The van der Waals surface area contributed by atoms with Crippen LogP contribution in [0.25, 0.3) is 0 Å². The van der Waals surface area contributed by atoms with Crippen molar-refractivity contribution in [2.45, 2.75) is 26.3 Å². The lowest BCUT2D eigenvalue weighted by atomic mass is 10.2. The molecule has 4 heteroatoms. The Morgan fingerprint density at radius 2 is 2.50 bits per heavy atom. The second-order valence-electron chi connectivity index (χ2n) is 2.73. The van der Waals surface area contributed by atoms with Gasteiger partial charge < -0.3 is 4.79 Å². The maximum absolute atomic E-state index is 10.6. The van der Waals surface area contributed by atoms with E-state index in [4.69, 9.17) is 0 Å². The molecular formula is C8H11BrN2O. The molecule has 0 amide bonds. The smallest absolute Gasteiger partial charge is 0.129 e. The molecule has 0 N–H and O–H groups in total. The number of ketones is 1. The maximum Gasteiger partial charge on any atom is 0.129 e. The SMILES string of the molecule is CC(=O)CCCn1cc(Br)cn1. The van der Waals surface area contributed by atoms with Crippen molar-refractivity contribution in [3.8, 4) is 0 Å². The van der Waals surface area contributed by atoms with Crippen molar-refractivity contribution in [2.75, 3.05) is 0 Å². The molecule has 0 atom stereocenters. The van der Waals surface area contributed by atoms with Gasteiger partial charge in [0.2, 0.25) is 0 Å². The average Bonchev–Trinajstić information content (AvgIpc) is 2.35. The summed E-state index contributed by atoms with van der Waals surface area (Å²) in [5.74, 6) is 0.237. The number of Topliss-reactive ketones (excluding diaryl/α,β-unsaturated/α-hetero) is 1. The third kappa shape index (κ3) is 3.17. The van der Waals surface area contributed by atoms with Crippen LogP contribution in [0.5, 0.6) is 0 Å². The molecule has 66 valence electrons. The molecule has 3 nitrogen and oxygen atoms in total. The molecule has 1 aromatic heterocycles. The van der Waals surface area contributed by atoms with Crippen LogP contribution < -0.4 is 0 Å². The van der Waals surface area contributed by atoms with Crippen LogP contribution in [0, 0.1) is 0 Å². The number of carbonyl (C=O) groups excluding carboxylic acids is 1. The third-order valence-corrected chi connectivity index (χ3v) is 1.93. The van der Waals surface area contributed by atoms with Crippen molar-refractivity contribution in [3.63, 3.8) is 0 Å². The second kappa shape index (κ2) is 4.40. The lowest BCUT2D eigenvalue weighted by molar-refractivity contribution is -0.117. The van der Waals surface area contributed by atoms with Crippen LogP contribution >= 0.6 is 15.9 Å². The van der Waals surface area contributed by atoms with Gasteiger partial charge in [-0.15, -0.1) is 0 Å². The Kier molecular flexibility index (Phi) is 3.47. The molecule has 0 radical (unpaired) electrons. The zero-order valence-electron chi connectivity index (χ0n) is 6.96. The minimum absolute atomic E-state index is 0.237. The summed E-state index contributed by atoms with van der Waals surface area (Å²) in [6.45, 7) is 2.42. The van der Waals surface area contributed by atoms with Crippen molar-refractivity contribution >= 4 is 21.7 Å².